The molecule has 0 fully saturated rings. The minimum atomic E-state index is -0.680. The van der Waals surface area contributed by atoms with Gasteiger partial charge < -0.3 is 20.7 Å². The van der Waals surface area contributed by atoms with Crippen molar-refractivity contribution in [2.75, 3.05) is 6.54 Å². The molecule has 4 N–H and O–H groups in total. The molecule has 0 bridgehead atoms. The number of aromatic hydroxyl groups is 2. The largest absolute Gasteiger partial charge is 0.504 e. The number of ether oxygens (including phenoxy) is 1. The number of esters is 1. The molecule has 1 aromatic rings. The van der Waals surface area contributed by atoms with Crippen molar-refractivity contribution in [1.82, 2.24) is 0 Å². The summed E-state index contributed by atoms with van der Waals surface area (Å²) in [5.41, 5.74) is 4.99. The number of benzene rings is 1. The summed E-state index contributed by atoms with van der Waals surface area (Å²) in [5.74, 6) is -1.59. The van der Waals surface area contributed by atoms with Crippen LogP contribution < -0.4 is 10.5 Å². The van der Waals surface area contributed by atoms with Gasteiger partial charge >= 0.3 is 5.97 Å². The molecule has 0 heterocycles. The molecule has 0 radical (unpaired) electrons. The molecule has 5 heteroatoms. The molecule has 13 heavy (non-hydrogen) atoms. The third-order valence-corrected chi connectivity index (χ3v) is 1.37. The smallest absolute Gasteiger partial charge is 0.325 e. The van der Waals surface area contributed by atoms with Crippen molar-refractivity contribution in [2.24, 2.45) is 5.73 Å². The summed E-state index contributed by atoms with van der Waals surface area (Å²) < 4.78 is 4.60. The molecule has 0 saturated carbocycles. The predicted molar refractivity (Wildman–Crippen MR) is 44.5 cm³/mol. The van der Waals surface area contributed by atoms with E-state index in [-0.39, 0.29) is 18.0 Å². The van der Waals surface area contributed by atoms with E-state index in [0.29, 0.717) is 0 Å². The minimum absolute atomic E-state index is 0.101. The average molecular weight is 183 g/mol. The standard InChI is InChI=1S/C8H9NO4/c9-4-7(11)13-6-3-1-2-5(10)8(6)12/h1-3,10,12H,4,9H2. The van der Waals surface area contributed by atoms with E-state index in [1.807, 2.05) is 0 Å². The molecule has 0 amide bonds. The van der Waals surface area contributed by atoms with Gasteiger partial charge in [0.2, 0.25) is 5.75 Å². The SMILES string of the molecule is NCC(=O)Oc1cccc(O)c1O. The van der Waals surface area contributed by atoms with Crippen LogP contribution in [0.5, 0.6) is 17.2 Å². The van der Waals surface area contributed by atoms with Gasteiger partial charge in [0.1, 0.15) is 0 Å². The Hall–Kier alpha value is -1.75. The molecule has 0 aliphatic heterocycles. The lowest BCUT2D eigenvalue weighted by molar-refractivity contribution is -0.132. The molecule has 0 saturated heterocycles. The van der Waals surface area contributed by atoms with E-state index < -0.39 is 11.7 Å². The second-order valence-corrected chi connectivity index (χ2v) is 2.30. The zero-order valence-electron chi connectivity index (χ0n) is 6.73. The lowest BCUT2D eigenvalue weighted by Crippen LogP contribution is -2.19. The Kier molecular flexibility index (Phi) is 2.71. The molecule has 1 aromatic carbocycles. The van der Waals surface area contributed by atoms with Crippen LogP contribution in [0.4, 0.5) is 0 Å². The van der Waals surface area contributed by atoms with Crippen LogP contribution in [0.25, 0.3) is 0 Å². The first-order chi connectivity index (χ1) is 6.15. The number of rotatable bonds is 2. The Labute approximate surface area is 74.4 Å². The van der Waals surface area contributed by atoms with Gasteiger partial charge in [0.25, 0.3) is 0 Å². The molecule has 0 spiro atoms. The Morgan fingerprint density at radius 3 is 2.77 bits per heavy atom. The van der Waals surface area contributed by atoms with E-state index >= 15 is 0 Å². The second-order valence-electron chi connectivity index (χ2n) is 2.30. The van der Waals surface area contributed by atoms with Crippen LogP contribution >= 0.6 is 0 Å². The third-order valence-electron chi connectivity index (χ3n) is 1.37. The Morgan fingerprint density at radius 1 is 1.46 bits per heavy atom. The zero-order chi connectivity index (χ0) is 9.84. The van der Waals surface area contributed by atoms with Crippen LogP contribution in [0.3, 0.4) is 0 Å². The predicted octanol–water partition coefficient (Wildman–Crippen LogP) is -0.0381. The van der Waals surface area contributed by atoms with Crippen molar-refractivity contribution >= 4 is 5.97 Å². The molecule has 0 aromatic heterocycles. The number of nitrogens with two attached hydrogens (primary N) is 1. The number of hydrogen-bond acceptors (Lipinski definition) is 5. The molecule has 1 rings (SSSR count). The number of carbonyl (C=O) groups is 1. The van der Waals surface area contributed by atoms with Gasteiger partial charge in [-0.3, -0.25) is 4.79 Å². The Morgan fingerprint density at radius 2 is 2.15 bits per heavy atom. The first kappa shape index (κ1) is 9.34. The number of hydrogen-bond donors (Lipinski definition) is 3. The fourth-order valence-electron chi connectivity index (χ4n) is 0.757. The van der Waals surface area contributed by atoms with Crippen molar-refractivity contribution in [2.45, 2.75) is 0 Å². The summed E-state index contributed by atoms with van der Waals surface area (Å²) in [5, 5.41) is 18.2. The van der Waals surface area contributed by atoms with E-state index in [0.717, 1.165) is 0 Å². The van der Waals surface area contributed by atoms with Crippen molar-refractivity contribution in [3.05, 3.63) is 18.2 Å². The summed E-state index contributed by atoms with van der Waals surface area (Å²) in [7, 11) is 0. The fraction of sp³-hybridized carbons (Fsp3) is 0.125. The van der Waals surface area contributed by atoms with Crippen LogP contribution in [0.1, 0.15) is 0 Å². The highest BCUT2D eigenvalue weighted by Gasteiger charge is 2.09. The fourth-order valence-corrected chi connectivity index (χ4v) is 0.757. The highest BCUT2D eigenvalue weighted by atomic mass is 16.5. The first-order valence-corrected chi connectivity index (χ1v) is 3.57. The van der Waals surface area contributed by atoms with E-state index in [9.17, 15) is 9.90 Å². The maximum Gasteiger partial charge on any atom is 0.325 e. The van der Waals surface area contributed by atoms with Crippen LogP contribution in [-0.4, -0.2) is 22.7 Å². The molecular weight excluding hydrogens is 174 g/mol. The van der Waals surface area contributed by atoms with Gasteiger partial charge in [0, 0.05) is 0 Å². The molecule has 0 aliphatic carbocycles. The zero-order valence-corrected chi connectivity index (χ0v) is 6.73. The van der Waals surface area contributed by atoms with E-state index in [1.165, 1.54) is 18.2 Å². The van der Waals surface area contributed by atoms with Crippen LogP contribution in [0.2, 0.25) is 0 Å². The van der Waals surface area contributed by atoms with Crippen LogP contribution in [0.15, 0.2) is 18.2 Å². The lowest BCUT2D eigenvalue weighted by Gasteiger charge is -2.05. The number of para-hydroxylation sites is 1. The van der Waals surface area contributed by atoms with Gasteiger partial charge in [-0.1, -0.05) is 6.07 Å². The highest BCUT2D eigenvalue weighted by molar-refractivity contribution is 5.75. The van der Waals surface area contributed by atoms with Gasteiger partial charge in [-0.15, -0.1) is 0 Å². The van der Waals surface area contributed by atoms with Gasteiger partial charge in [0.15, 0.2) is 11.5 Å². The van der Waals surface area contributed by atoms with E-state index in [2.05, 4.69) is 4.74 Å². The topological polar surface area (TPSA) is 92.8 Å². The summed E-state index contributed by atoms with van der Waals surface area (Å²) >= 11 is 0. The molecule has 0 unspecified atom stereocenters. The van der Waals surface area contributed by atoms with Crippen molar-refractivity contribution in [3.8, 4) is 17.2 Å². The number of phenols is 2. The van der Waals surface area contributed by atoms with Crippen LogP contribution in [0, 0.1) is 0 Å². The minimum Gasteiger partial charge on any atom is -0.504 e. The lowest BCUT2D eigenvalue weighted by atomic mass is 10.3. The maximum absolute atomic E-state index is 10.7. The average Bonchev–Trinajstić information content (AvgIpc) is 2.13. The monoisotopic (exact) mass is 183 g/mol. The molecule has 70 valence electrons. The second kappa shape index (κ2) is 3.77. The summed E-state index contributed by atoms with van der Waals surface area (Å²) in [6, 6.07) is 4.06. The molecular formula is C8H9NO4. The van der Waals surface area contributed by atoms with Crippen LogP contribution in [-0.2, 0) is 4.79 Å². The van der Waals surface area contributed by atoms with Gasteiger partial charge in [-0.2, -0.15) is 0 Å². The van der Waals surface area contributed by atoms with Gasteiger partial charge in [0.05, 0.1) is 6.54 Å². The Bertz CT molecular complexity index is 324. The normalized spacial score (nSPS) is 9.62. The quantitative estimate of drug-likeness (QED) is 0.340. The highest BCUT2D eigenvalue weighted by Crippen LogP contribution is 2.34. The molecule has 0 aliphatic rings. The first-order valence-electron chi connectivity index (χ1n) is 3.57. The summed E-state index contributed by atoms with van der Waals surface area (Å²) in [6.45, 7) is -0.283. The molecule has 5 nitrogen and oxygen atoms in total. The molecule has 0 atom stereocenters. The van der Waals surface area contributed by atoms with Gasteiger partial charge in [-0.05, 0) is 12.1 Å². The van der Waals surface area contributed by atoms with Gasteiger partial charge in [-0.25, -0.2) is 0 Å². The summed E-state index contributed by atoms with van der Waals surface area (Å²) in [4.78, 5) is 10.7. The van der Waals surface area contributed by atoms with Crippen molar-refractivity contribution in [3.63, 3.8) is 0 Å². The Balaban J connectivity index is 2.89. The maximum atomic E-state index is 10.7. The number of phenolic OH excluding ortho intramolecular Hbond substituents is 2. The third kappa shape index (κ3) is 2.09. The number of carbonyl (C=O) groups excluding carboxylic acids is 1. The van der Waals surface area contributed by atoms with Crippen molar-refractivity contribution < 1.29 is 19.7 Å². The summed E-state index contributed by atoms with van der Waals surface area (Å²) in [6.07, 6.45) is 0. The van der Waals surface area contributed by atoms with E-state index in [4.69, 9.17) is 10.8 Å². The van der Waals surface area contributed by atoms with Crippen molar-refractivity contribution in [1.29, 1.82) is 0 Å². The van der Waals surface area contributed by atoms with E-state index in [1.54, 1.807) is 0 Å².